The van der Waals surface area contributed by atoms with Crippen LogP contribution in [0.4, 0.5) is 34.9 Å². The summed E-state index contributed by atoms with van der Waals surface area (Å²) >= 11 is 0. The number of halogens is 4. The van der Waals surface area contributed by atoms with Gasteiger partial charge in [-0.25, -0.2) is 19.3 Å². The van der Waals surface area contributed by atoms with Crippen LogP contribution in [-0.2, 0) is 6.18 Å². The number of carbonyl (C=O) groups is 1. The van der Waals surface area contributed by atoms with Crippen molar-refractivity contribution in [2.45, 2.75) is 32.2 Å². The number of aryl methyl sites for hydroxylation is 1. The highest BCUT2D eigenvalue weighted by molar-refractivity contribution is 6.03. The number of aromatic nitrogens is 3. The average Bonchev–Trinajstić information content (AvgIpc) is 2.74. The third kappa shape index (κ3) is 4.91. The topological polar surface area (TPSA) is 100 Å². The Labute approximate surface area is 199 Å². The Bertz CT molecular complexity index is 1290. The van der Waals surface area contributed by atoms with E-state index in [1.807, 2.05) is 0 Å². The van der Waals surface area contributed by atoms with Crippen molar-refractivity contribution >= 4 is 34.3 Å². The first-order chi connectivity index (χ1) is 16.3. The van der Waals surface area contributed by atoms with Gasteiger partial charge in [-0.15, -0.1) is 0 Å². The maximum atomic E-state index is 13.5. The van der Waals surface area contributed by atoms with Gasteiger partial charge in [-0.2, -0.15) is 13.2 Å². The van der Waals surface area contributed by atoms with Crippen molar-refractivity contribution < 1.29 is 22.4 Å². The van der Waals surface area contributed by atoms with Crippen molar-refractivity contribution in [3.05, 3.63) is 46.8 Å². The highest BCUT2D eigenvalue weighted by Gasteiger charge is 2.33. The molecule has 3 heterocycles. The van der Waals surface area contributed by atoms with E-state index >= 15 is 0 Å². The zero-order valence-electron chi connectivity index (χ0n) is 19.6. The maximum absolute atomic E-state index is 13.5. The van der Waals surface area contributed by atoms with Crippen LogP contribution in [-0.4, -0.2) is 59.1 Å². The van der Waals surface area contributed by atoms with Gasteiger partial charge in [0, 0.05) is 19.8 Å². The Balaban J connectivity index is 1.79. The number of fused-ring (bicyclic) bond motifs is 1. The van der Waals surface area contributed by atoms with E-state index in [4.69, 9.17) is 5.73 Å². The number of pyridine rings is 1. The molecule has 2 aromatic heterocycles. The number of hydrogen-bond acceptors (Lipinski definition) is 7. The van der Waals surface area contributed by atoms with Crippen LogP contribution in [0, 0.1) is 6.92 Å². The third-order valence-electron chi connectivity index (χ3n) is 5.71. The van der Waals surface area contributed by atoms with Crippen LogP contribution in [0.2, 0.25) is 0 Å². The van der Waals surface area contributed by atoms with Crippen LogP contribution in [0.25, 0.3) is 11.0 Å². The second-order valence-corrected chi connectivity index (χ2v) is 8.80. The van der Waals surface area contributed by atoms with Crippen LogP contribution in [0.1, 0.15) is 40.3 Å². The van der Waals surface area contributed by atoms with E-state index in [0.29, 0.717) is 28.4 Å². The lowest BCUT2D eigenvalue weighted by molar-refractivity contribution is -0.137. The fourth-order valence-corrected chi connectivity index (χ4v) is 3.88. The minimum atomic E-state index is -4.54. The SMILES string of the molecule is Cc1nc(N[C@H](C)c2cc(N)cc(C(F)(F)F)c2)c2cc(C(=O)N(C)C)c(N3CC(F)C3)nc2n1. The second-order valence-electron chi connectivity index (χ2n) is 8.80. The maximum Gasteiger partial charge on any atom is 0.416 e. The molecule has 1 fully saturated rings. The fourth-order valence-electron chi connectivity index (χ4n) is 3.88. The van der Waals surface area contributed by atoms with Crippen molar-refractivity contribution in [1.29, 1.82) is 0 Å². The molecule has 8 nitrogen and oxygen atoms in total. The predicted molar refractivity (Wildman–Crippen MR) is 125 cm³/mol. The first-order valence-electron chi connectivity index (χ1n) is 10.9. The van der Waals surface area contributed by atoms with Gasteiger partial charge >= 0.3 is 6.18 Å². The molecule has 1 amide bonds. The number of carbonyl (C=O) groups excluding carboxylic acids is 1. The number of nitrogens with two attached hydrogens (primary N) is 1. The Morgan fingerprint density at radius 3 is 2.46 bits per heavy atom. The molecule has 35 heavy (non-hydrogen) atoms. The molecule has 3 N–H and O–H groups in total. The van der Waals surface area contributed by atoms with Gasteiger partial charge in [0.2, 0.25) is 0 Å². The van der Waals surface area contributed by atoms with Gasteiger partial charge in [0.15, 0.2) is 5.65 Å². The summed E-state index contributed by atoms with van der Waals surface area (Å²) in [6.07, 6.45) is -5.54. The molecule has 0 radical (unpaired) electrons. The highest BCUT2D eigenvalue weighted by Crippen LogP contribution is 2.35. The van der Waals surface area contributed by atoms with E-state index in [2.05, 4.69) is 20.3 Å². The van der Waals surface area contributed by atoms with Crippen molar-refractivity contribution in [1.82, 2.24) is 19.9 Å². The van der Waals surface area contributed by atoms with E-state index in [1.54, 1.807) is 38.9 Å². The molecule has 3 aromatic rings. The van der Waals surface area contributed by atoms with E-state index in [-0.39, 0.29) is 35.9 Å². The Morgan fingerprint density at radius 1 is 1.17 bits per heavy atom. The van der Waals surface area contributed by atoms with Crippen LogP contribution >= 0.6 is 0 Å². The molecule has 1 saturated heterocycles. The number of alkyl halides is 4. The molecule has 0 spiro atoms. The summed E-state index contributed by atoms with van der Waals surface area (Å²) in [4.78, 5) is 29.3. The van der Waals surface area contributed by atoms with E-state index in [1.165, 1.54) is 11.0 Å². The summed E-state index contributed by atoms with van der Waals surface area (Å²) in [6, 6.07) is 4.33. The third-order valence-corrected chi connectivity index (χ3v) is 5.71. The van der Waals surface area contributed by atoms with Crippen molar-refractivity contribution in [2.24, 2.45) is 0 Å². The van der Waals surface area contributed by atoms with Gasteiger partial charge in [-0.05, 0) is 43.7 Å². The number of rotatable bonds is 5. The van der Waals surface area contributed by atoms with Crippen molar-refractivity contribution in [2.75, 3.05) is 43.1 Å². The minimum Gasteiger partial charge on any atom is -0.399 e. The van der Waals surface area contributed by atoms with E-state index in [9.17, 15) is 22.4 Å². The Hall–Kier alpha value is -3.70. The number of benzene rings is 1. The number of anilines is 3. The first kappa shape index (κ1) is 24.4. The molecule has 12 heteroatoms. The molecule has 0 unspecified atom stereocenters. The number of nitrogens with zero attached hydrogens (tertiary/aromatic N) is 5. The number of nitrogens with one attached hydrogen (secondary N) is 1. The van der Waals surface area contributed by atoms with Gasteiger partial charge in [-0.1, -0.05) is 0 Å². The monoisotopic (exact) mass is 491 g/mol. The molecule has 4 rings (SSSR count). The van der Waals surface area contributed by atoms with Crippen LogP contribution in [0.5, 0.6) is 0 Å². The second kappa shape index (κ2) is 8.82. The predicted octanol–water partition coefficient (Wildman–Crippen LogP) is 3.97. The van der Waals surface area contributed by atoms with Crippen molar-refractivity contribution in [3.8, 4) is 0 Å². The fraction of sp³-hybridized carbons (Fsp3) is 0.391. The number of hydrogen-bond donors (Lipinski definition) is 2. The Morgan fingerprint density at radius 2 is 1.86 bits per heavy atom. The van der Waals surface area contributed by atoms with Gasteiger partial charge in [0.05, 0.1) is 35.6 Å². The molecule has 0 aliphatic carbocycles. The van der Waals surface area contributed by atoms with Gasteiger partial charge in [-0.3, -0.25) is 4.79 Å². The van der Waals surface area contributed by atoms with E-state index in [0.717, 1.165) is 12.1 Å². The molecule has 0 saturated carbocycles. The average molecular weight is 491 g/mol. The summed E-state index contributed by atoms with van der Waals surface area (Å²) in [6.45, 7) is 3.57. The standard InChI is InChI=1S/C23H25F4N7O/c1-11(13-5-14(23(25,26)27)7-16(28)6-13)29-19-17-8-18(22(35)33(3)4)21(34-9-15(24)10-34)32-20(17)31-12(2)30-19/h5-8,11,15H,9-10,28H2,1-4H3,(H,29,30,31,32)/t11-/m1/s1. The van der Waals surface area contributed by atoms with Crippen LogP contribution in [0.3, 0.4) is 0 Å². The molecule has 1 aromatic carbocycles. The van der Waals surface area contributed by atoms with Crippen LogP contribution in [0.15, 0.2) is 24.3 Å². The van der Waals surface area contributed by atoms with Crippen molar-refractivity contribution in [3.63, 3.8) is 0 Å². The van der Waals surface area contributed by atoms with Crippen LogP contribution < -0.4 is 16.0 Å². The molecular weight excluding hydrogens is 466 g/mol. The zero-order chi connectivity index (χ0) is 25.7. The first-order valence-corrected chi connectivity index (χ1v) is 10.9. The van der Waals surface area contributed by atoms with E-state index < -0.39 is 24.0 Å². The highest BCUT2D eigenvalue weighted by atomic mass is 19.4. The summed E-state index contributed by atoms with van der Waals surface area (Å²) < 4.78 is 53.4. The van der Waals surface area contributed by atoms with Gasteiger partial charge < -0.3 is 20.9 Å². The lowest BCUT2D eigenvalue weighted by atomic mass is 10.0. The van der Waals surface area contributed by atoms with Gasteiger partial charge in [0.25, 0.3) is 5.91 Å². The molecule has 1 aliphatic heterocycles. The summed E-state index contributed by atoms with van der Waals surface area (Å²) in [7, 11) is 3.19. The molecule has 1 aliphatic rings. The number of amides is 1. The quantitative estimate of drug-likeness (QED) is 0.412. The normalized spacial score (nSPS) is 15.1. The molecule has 0 bridgehead atoms. The number of nitrogen functional groups attached to an aromatic ring is 1. The van der Waals surface area contributed by atoms with Gasteiger partial charge in [0.1, 0.15) is 23.6 Å². The zero-order valence-corrected chi connectivity index (χ0v) is 19.6. The summed E-state index contributed by atoms with van der Waals surface area (Å²) in [5, 5.41) is 3.53. The lowest BCUT2D eigenvalue weighted by Crippen LogP contribution is -2.49. The summed E-state index contributed by atoms with van der Waals surface area (Å²) in [5.74, 6) is 0.664. The minimum absolute atomic E-state index is 0.0157. The molecule has 186 valence electrons. The lowest BCUT2D eigenvalue weighted by Gasteiger charge is -2.36. The smallest absolute Gasteiger partial charge is 0.399 e. The largest absolute Gasteiger partial charge is 0.416 e. The molecule has 1 atom stereocenters. The summed E-state index contributed by atoms with van der Waals surface area (Å²) in [5.41, 5.74) is 5.70. The Kier molecular flexibility index (Phi) is 6.16. The molecular formula is C23H25F4N7O.